The van der Waals surface area contributed by atoms with Gasteiger partial charge in [-0.05, 0) is 128 Å². The molecule has 0 aromatic heterocycles. The van der Waals surface area contributed by atoms with Crippen molar-refractivity contribution in [2.75, 3.05) is 13.2 Å². The summed E-state index contributed by atoms with van der Waals surface area (Å²) < 4.78 is 16.8. The molecule has 0 rings (SSSR count). The monoisotopic (exact) mass is 1000 g/mol. The van der Waals surface area contributed by atoms with Gasteiger partial charge in [0, 0.05) is 19.3 Å². The molecule has 0 fully saturated rings. The lowest BCUT2D eigenvalue weighted by Crippen LogP contribution is -2.30. The smallest absolute Gasteiger partial charge is 0.306 e. The number of carbonyl (C=O) groups excluding carboxylic acids is 3. The molecular formula is C67H104O6. The summed E-state index contributed by atoms with van der Waals surface area (Å²) in [5.74, 6) is -1.04. The molecule has 6 heteroatoms. The van der Waals surface area contributed by atoms with Crippen LogP contribution in [0, 0.1) is 0 Å². The molecule has 0 N–H and O–H groups in total. The number of hydrogen-bond donors (Lipinski definition) is 0. The van der Waals surface area contributed by atoms with Crippen molar-refractivity contribution in [3.05, 3.63) is 158 Å². The van der Waals surface area contributed by atoms with Gasteiger partial charge in [0.1, 0.15) is 13.2 Å². The van der Waals surface area contributed by atoms with Gasteiger partial charge in [-0.1, -0.05) is 237 Å². The minimum absolute atomic E-state index is 0.119. The average Bonchev–Trinajstić information content (AvgIpc) is 3.39. The van der Waals surface area contributed by atoms with Gasteiger partial charge in [-0.2, -0.15) is 0 Å². The Labute approximate surface area is 448 Å². The average molecular weight is 1010 g/mol. The van der Waals surface area contributed by atoms with Gasteiger partial charge in [-0.3, -0.25) is 14.4 Å². The second-order valence-corrected chi connectivity index (χ2v) is 18.4. The first-order valence-electron chi connectivity index (χ1n) is 29.0. The largest absolute Gasteiger partial charge is 0.462 e. The normalized spacial score (nSPS) is 13.3. The number of hydrogen-bond acceptors (Lipinski definition) is 6. The first-order chi connectivity index (χ1) is 36.0. The van der Waals surface area contributed by atoms with Crippen molar-refractivity contribution >= 4 is 17.9 Å². The standard InChI is InChI=1S/C67H104O6/c1-4-7-10-13-16-19-22-25-27-29-31-32-33-34-36-37-39-42-45-48-51-54-57-60-66(69)72-63-64(62-71-65(68)59-56-53-50-47-44-41-24-21-18-15-12-9-6-3)73-67(70)61-58-55-52-49-46-43-40-38-35-30-28-26-23-20-17-14-11-8-5-2/h7-12,16-21,25-28,31-32,34-36,38,41,44,50,53,64H,4-6,13-15,22-24,29-30,33,37,39-40,42-43,45-49,51-52,54-63H2,1-3H3/b10-7-,11-8-,12-9-,19-16-,20-17-,21-18-,27-25-,28-26-,32-31-,36-34-,38-35-,44-41-,53-50-. The summed E-state index contributed by atoms with van der Waals surface area (Å²) in [7, 11) is 0. The highest BCUT2D eigenvalue weighted by Crippen LogP contribution is 2.13. The molecule has 408 valence electrons. The van der Waals surface area contributed by atoms with Gasteiger partial charge in [-0.25, -0.2) is 0 Å². The Morgan fingerprint density at radius 3 is 0.849 bits per heavy atom. The van der Waals surface area contributed by atoms with Crippen LogP contribution in [0.3, 0.4) is 0 Å². The van der Waals surface area contributed by atoms with Crippen molar-refractivity contribution in [3.8, 4) is 0 Å². The Kier molecular flexibility index (Phi) is 55.5. The maximum Gasteiger partial charge on any atom is 0.306 e. The summed E-state index contributed by atoms with van der Waals surface area (Å²) >= 11 is 0. The molecule has 0 saturated carbocycles. The third-order valence-corrected chi connectivity index (χ3v) is 11.5. The number of ether oxygens (including phenoxy) is 3. The molecule has 6 nitrogen and oxygen atoms in total. The summed E-state index contributed by atoms with van der Waals surface area (Å²) in [6.07, 6.45) is 86.7. The molecule has 0 amide bonds. The summed E-state index contributed by atoms with van der Waals surface area (Å²) in [4.78, 5) is 38.2. The molecule has 0 aromatic rings. The van der Waals surface area contributed by atoms with E-state index in [0.717, 1.165) is 141 Å². The molecule has 1 atom stereocenters. The summed E-state index contributed by atoms with van der Waals surface area (Å²) in [6, 6.07) is 0. The van der Waals surface area contributed by atoms with E-state index in [4.69, 9.17) is 14.2 Å². The van der Waals surface area contributed by atoms with E-state index in [0.29, 0.717) is 12.8 Å². The van der Waals surface area contributed by atoms with Crippen molar-refractivity contribution in [1.29, 1.82) is 0 Å². The zero-order valence-electron chi connectivity index (χ0n) is 46.6. The van der Waals surface area contributed by atoms with Gasteiger partial charge in [0.25, 0.3) is 0 Å². The number of unbranched alkanes of at least 4 members (excludes halogenated alkanes) is 13. The fourth-order valence-corrected chi connectivity index (χ4v) is 7.30. The fraction of sp³-hybridized carbons (Fsp3) is 0.567. The molecule has 0 aliphatic carbocycles. The van der Waals surface area contributed by atoms with E-state index in [9.17, 15) is 14.4 Å². The first kappa shape index (κ1) is 68.0. The molecule has 0 bridgehead atoms. The van der Waals surface area contributed by atoms with Crippen molar-refractivity contribution in [2.24, 2.45) is 0 Å². The van der Waals surface area contributed by atoms with E-state index in [1.54, 1.807) is 0 Å². The highest BCUT2D eigenvalue weighted by Gasteiger charge is 2.19. The molecule has 0 aromatic carbocycles. The third-order valence-electron chi connectivity index (χ3n) is 11.5. The van der Waals surface area contributed by atoms with Gasteiger partial charge in [0.15, 0.2) is 6.10 Å². The highest BCUT2D eigenvalue weighted by molar-refractivity contribution is 5.71. The second kappa shape index (κ2) is 59.6. The summed E-state index contributed by atoms with van der Waals surface area (Å²) in [6.45, 7) is 6.20. The molecule has 0 spiro atoms. The van der Waals surface area contributed by atoms with Crippen LogP contribution in [-0.4, -0.2) is 37.2 Å². The zero-order chi connectivity index (χ0) is 52.9. The van der Waals surface area contributed by atoms with E-state index in [2.05, 4.69) is 167 Å². The number of allylic oxidation sites excluding steroid dienone is 26. The van der Waals surface area contributed by atoms with Crippen LogP contribution in [0.4, 0.5) is 0 Å². The lowest BCUT2D eigenvalue weighted by molar-refractivity contribution is -0.166. The molecule has 0 heterocycles. The number of carbonyl (C=O) groups is 3. The van der Waals surface area contributed by atoms with E-state index in [1.807, 2.05) is 12.2 Å². The SMILES string of the molecule is CC/C=C\C/C=C\C/C=C\C/C=C\C/C=C\CCCCCCCCCC(=O)OCC(COC(=O)CC/C=C\C/C=C\C/C=C\C/C=C\CC)OC(=O)CCCCCCCC/C=C\C/C=C\C/C=C\C/C=C\CC. The van der Waals surface area contributed by atoms with Crippen LogP contribution in [0.1, 0.15) is 226 Å². The predicted molar refractivity (Wildman–Crippen MR) is 315 cm³/mol. The van der Waals surface area contributed by atoms with Crippen LogP contribution in [0.15, 0.2) is 158 Å². The predicted octanol–water partition coefficient (Wildman–Crippen LogP) is 19.8. The van der Waals surface area contributed by atoms with Crippen LogP contribution in [0.2, 0.25) is 0 Å². The molecule has 0 radical (unpaired) electrons. The fourth-order valence-electron chi connectivity index (χ4n) is 7.30. The maximum absolute atomic E-state index is 12.9. The molecule has 0 aliphatic heterocycles. The quantitative estimate of drug-likeness (QED) is 0.0261. The van der Waals surface area contributed by atoms with Gasteiger partial charge < -0.3 is 14.2 Å². The lowest BCUT2D eigenvalue weighted by Gasteiger charge is -2.18. The molecule has 73 heavy (non-hydrogen) atoms. The van der Waals surface area contributed by atoms with E-state index in [1.165, 1.54) is 38.5 Å². The molecular weight excluding hydrogens is 901 g/mol. The first-order valence-corrected chi connectivity index (χ1v) is 29.0. The third kappa shape index (κ3) is 57.8. The topological polar surface area (TPSA) is 78.9 Å². The van der Waals surface area contributed by atoms with Crippen molar-refractivity contribution in [3.63, 3.8) is 0 Å². The zero-order valence-corrected chi connectivity index (χ0v) is 46.6. The Balaban J connectivity index is 4.49. The lowest BCUT2D eigenvalue weighted by atomic mass is 10.1. The van der Waals surface area contributed by atoms with Gasteiger partial charge in [-0.15, -0.1) is 0 Å². The second-order valence-electron chi connectivity index (χ2n) is 18.4. The van der Waals surface area contributed by atoms with Crippen LogP contribution in [0.25, 0.3) is 0 Å². The minimum Gasteiger partial charge on any atom is -0.462 e. The van der Waals surface area contributed by atoms with E-state index >= 15 is 0 Å². The number of esters is 3. The Bertz CT molecular complexity index is 1670. The molecule has 0 saturated heterocycles. The van der Waals surface area contributed by atoms with E-state index < -0.39 is 6.10 Å². The Morgan fingerprint density at radius 2 is 0.521 bits per heavy atom. The van der Waals surface area contributed by atoms with Crippen molar-refractivity contribution < 1.29 is 28.6 Å². The Morgan fingerprint density at radius 1 is 0.274 bits per heavy atom. The van der Waals surface area contributed by atoms with Gasteiger partial charge in [0.05, 0.1) is 0 Å². The molecule has 0 aliphatic rings. The summed E-state index contributed by atoms with van der Waals surface area (Å²) in [5.41, 5.74) is 0. The van der Waals surface area contributed by atoms with Gasteiger partial charge >= 0.3 is 17.9 Å². The Hall–Kier alpha value is -4.97. The van der Waals surface area contributed by atoms with Crippen LogP contribution < -0.4 is 0 Å². The molecule has 1 unspecified atom stereocenters. The van der Waals surface area contributed by atoms with E-state index in [-0.39, 0.29) is 44.0 Å². The summed E-state index contributed by atoms with van der Waals surface area (Å²) in [5, 5.41) is 0. The van der Waals surface area contributed by atoms with Crippen molar-refractivity contribution in [1.82, 2.24) is 0 Å². The van der Waals surface area contributed by atoms with Crippen LogP contribution >= 0.6 is 0 Å². The van der Waals surface area contributed by atoms with Crippen LogP contribution in [-0.2, 0) is 28.6 Å². The number of rotatable bonds is 50. The van der Waals surface area contributed by atoms with Crippen LogP contribution in [0.5, 0.6) is 0 Å². The highest BCUT2D eigenvalue weighted by atomic mass is 16.6. The maximum atomic E-state index is 12.9. The minimum atomic E-state index is -0.828. The van der Waals surface area contributed by atoms with Crippen molar-refractivity contribution in [2.45, 2.75) is 232 Å². The van der Waals surface area contributed by atoms with Gasteiger partial charge in [0.2, 0.25) is 0 Å².